The second-order valence-corrected chi connectivity index (χ2v) is 4.84. The summed E-state index contributed by atoms with van der Waals surface area (Å²) in [5.74, 6) is -0.394. The number of hydrogen-bond donors (Lipinski definition) is 1. The van der Waals surface area contributed by atoms with Gasteiger partial charge in [0.05, 0.1) is 18.3 Å². The van der Waals surface area contributed by atoms with E-state index >= 15 is 0 Å². The van der Waals surface area contributed by atoms with E-state index < -0.39 is 5.97 Å². The molecule has 0 saturated heterocycles. The van der Waals surface area contributed by atoms with E-state index in [1.54, 1.807) is 12.4 Å². The fourth-order valence-corrected chi connectivity index (χ4v) is 2.28. The average molecular weight is 280 g/mol. The first kappa shape index (κ1) is 13.5. The fraction of sp³-hybridized carbons (Fsp3) is 0.417. The van der Waals surface area contributed by atoms with Crippen LogP contribution in [0.2, 0.25) is 0 Å². The molecular formula is C12H16N4O2S. The molecule has 0 aliphatic carbocycles. The van der Waals surface area contributed by atoms with Crippen LogP contribution in [0.15, 0.2) is 11.7 Å². The Bertz CT molecular complexity index is 576. The standard InChI is InChI=1S/C12H16N4O2S/c1-4-18-12(17)10-11(19-7-14-10)13-5-9-6-15-16(3)8(9)2/h6-7,13H,4-5H2,1-3H3. The molecule has 0 aliphatic heterocycles. The molecule has 0 aromatic carbocycles. The number of nitrogens with one attached hydrogen (secondary N) is 1. The molecule has 0 aliphatic rings. The van der Waals surface area contributed by atoms with Gasteiger partial charge in [-0.2, -0.15) is 5.10 Å². The Balaban J connectivity index is 2.06. The zero-order valence-corrected chi connectivity index (χ0v) is 12.0. The van der Waals surface area contributed by atoms with E-state index in [9.17, 15) is 4.79 Å². The lowest BCUT2D eigenvalue weighted by Crippen LogP contribution is -2.09. The number of nitrogens with zero attached hydrogens (tertiary/aromatic N) is 3. The summed E-state index contributed by atoms with van der Waals surface area (Å²) in [6, 6.07) is 0. The van der Waals surface area contributed by atoms with Crippen LogP contribution < -0.4 is 5.32 Å². The largest absolute Gasteiger partial charge is 0.461 e. The second-order valence-electron chi connectivity index (χ2n) is 3.98. The van der Waals surface area contributed by atoms with E-state index in [4.69, 9.17) is 4.74 Å². The number of hydrogen-bond acceptors (Lipinski definition) is 6. The Labute approximate surface area is 115 Å². The number of thiazole rings is 1. The number of esters is 1. The molecule has 0 atom stereocenters. The summed E-state index contributed by atoms with van der Waals surface area (Å²) in [7, 11) is 1.90. The highest BCUT2D eigenvalue weighted by Gasteiger charge is 2.16. The van der Waals surface area contributed by atoms with Crippen molar-refractivity contribution in [2.45, 2.75) is 20.4 Å². The molecule has 0 fully saturated rings. The SMILES string of the molecule is CCOC(=O)c1ncsc1NCc1cnn(C)c1C. The lowest BCUT2D eigenvalue weighted by atomic mass is 10.2. The molecule has 2 aromatic rings. The number of aromatic nitrogens is 3. The van der Waals surface area contributed by atoms with Crippen LogP contribution in [0, 0.1) is 6.92 Å². The van der Waals surface area contributed by atoms with Crippen molar-refractivity contribution in [1.82, 2.24) is 14.8 Å². The minimum Gasteiger partial charge on any atom is -0.461 e. The van der Waals surface area contributed by atoms with Gasteiger partial charge in [-0.3, -0.25) is 4.68 Å². The van der Waals surface area contributed by atoms with Gasteiger partial charge in [0, 0.05) is 24.8 Å². The number of anilines is 1. The Morgan fingerprint density at radius 2 is 2.37 bits per heavy atom. The molecule has 2 heterocycles. The topological polar surface area (TPSA) is 69.0 Å². The molecule has 0 saturated carbocycles. The highest BCUT2D eigenvalue weighted by Crippen LogP contribution is 2.22. The minimum absolute atomic E-state index is 0.341. The Hall–Kier alpha value is -1.89. The number of carbonyl (C=O) groups is 1. The van der Waals surface area contributed by atoms with E-state index in [1.165, 1.54) is 11.3 Å². The molecule has 0 unspecified atom stereocenters. The third-order valence-corrected chi connectivity index (χ3v) is 3.60. The monoisotopic (exact) mass is 280 g/mol. The summed E-state index contributed by atoms with van der Waals surface area (Å²) >= 11 is 1.39. The zero-order chi connectivity index (χ0) is 13.8. The normalized spacial score (nSPS) is 10.5. The zero-order valence-electron chi connectivity index (χ0n) is 11.1. The molecule has 19 heavy (non-hydrogen) atoms. The Morgan fingerprint density at radius 1 is 1.58 bits per heavy atom. The second kappa shape index (κ2) is 5.83. The molecule has 0 spiro atoms. The maximum Gasteiger partial charge on any atom is 0.360 e. The van der Waals surface area contributed by atoms with E-state index in [0.29, 0.717) is 18.8 Å². The van der Waals surface area contributed by atoms with E-state index in [2.05, 4.69) is 15.4 Å². The first-order chi connectivity index (χ1) is 9.13. The Morgan fingerprint density at radius 3 is 3.00 bits per heavy atom. The van der Waals surface area contributed by atoms with Gasteiger partial charge in [-0.15, -0.1) is 11.3 Å². The van der Waals surface area contributed by atoms with Gasteiger partial charge in [0.25, 0.3) is 0 Å². The van der Waals surface area contributed by atoms with E-state index in [0.717, 1.165) is 16.3 Å². The number of rotatable bonds is 5. The predicted octanol–water partition coefficient (Wildman–Crippen LogP) is 1.97. The van der Waals surface area contributed by atoms with Gasteiger partial charge in [0.15, 0.2) is 5.69 Å². The van der Waals surface area contributed by atoms with Crippen molar-refractivity contribution in [3.8, 4) is 0 Å². The third kappa shape index (κ3) is 2.93. The third-order valence-electron chi connectivity index (χ3n) is 2.81. The molecule has 7 heteroatoms. The summed E-state index contributed by atoms with van der Waals surface area (Å²) in [5, 5.41) is 8.10. The van der Waals surface area contributed by atoms with Gasteiger partial charge in [-0.25, -0.2) is 9.78 Å². The number of ether oxygens (including phenoxy) is 1. The van der Waals surface area contributed by atoms with Gasteiger partial charge in [-0.1, -0.05) is 0 Å². The average Bonchev–Trinajstić information content (AvgIpc) is 2.97. The molecule has 102 valence electrons. The van der Waals surface area contributed by atoms with Crippen LogP contribution in [0.1, 0.15) is 28.7 Å². The summed E-state index contributed by atoms with van der Waals surface area (Å²) in [4.78, 5) is 15.7. The van der Waals surface area contributed by atoms with Crippen LogP contribution in [-0.2, 0) is 18.3 Å². The molecule has 0 radical (unpaired) electrons. The van der Waals surface area contributed by atoms with Crippen molar-refractivity contribution in [2.24, 2.45) is 7.05 Å². The van der Waals surface area contributed by atoms with Crippen molar-refractivity contribution >= 4 is 22.3 Å². The number of carbonyl (C=O) groups excluding carboxylic acids is 1. The molecular weight excluding hydrogens is 264 g/mol. The quantitative estimate of drug-likeness (QED) is 0.848. The van der Waals surface area contributed by atoms with Crippen LogP contribution in [0.3, 0.4) is 0 Å². The van der Waals surface area contributed by atoms with Crippen molar-refractivity contribution in [3.63, 3.8) is 0 Å². The number of aryl methyl sites for hydroxylation is 1. The molecule has 2 aromatic heterocycles. The first-order valence-corrected chi connectivity index (χ1v) is 6.83. The summed E-state index contributed by atoms with van der Waals surface area (Å²) in [5.41, 5.74) is 4.15. The van der Waals surface area contributed by atoms with Crippen molar-refractivity contribution in [2.75, 3.05) is 11.9 Å². The highest BCUT2D eigenvalue weighted by atomic mass is 32.1. The minimum atomic E-state index is -0.394. The molecule has 6 nitrogen and oxygen atoms in total. The fourth-order valence-electron chi connectivity index (χ4n) is 1.61. The maximum absolute atomic E-state index is 11.7. The van der Waals surface area contributed by atoms with Crippen LogP contribution in [0.4, 0.5) is 5.00 Å². The van der Waals surface area contributed by atoms with Gasteiger partial charge >= 0.3 is 5.97 Å². The van der Waals surface area contributed by atoms with Crippen LogP contribution >= 0.6 is 11.3 Å². The first-order valence-electron chi connectivity index (χ1n) is 5.95. The van der Waals surface area contributed by atoms with Crippen molar-refractivity contribution in [3.05, 3.63) is 28.7 Å². The van der Waals surface area contributed by atoms with Gasteiger partial charge in [0.2, 0.25) is 0 Å². The molecule has 2 rings (SSSR count). The van der Waals surface area contributed by atoms with Crippen molar-refractivity contribution < 1.29 is 9.53 Å². The molecule has 1 N–H and O–H groups in total. The Kier molecular flexibility index (Phi) is 4.16. The maximum atomic E-state index is 11.7. The summed E-state index contributed by atoms with van der Waals surface area (Å²) in [6.45, 7) is 4.73. The molecule has 0 bridgehead atoms. The van der Waals surface area contributed by atoms with Gasteiger partial charge < -0.3 is 10.1 Å². The van der Waals surface area contributed by atoms with Gasteiger partial charge in [0.1, 0.15) is 5.00 Å². The van der Waals surface area contributed by atoms with Crippen LogP contribution in [0.5, 0.6) is 0 Å². The predicted molar refractivity (Wildman–Crippen MR) is 73.3 cm³/mol. The van der Waals surface area contributed by atoms with Crippen LogP contribution in [0.25, 0.3) is 0 Å². The summed E-state index contributed by atoms with van der Waals surface area (Å²) in [6.07, 6.45) is 1.81. The molecule has 0 amide bonds. The lowest BCUT2D eigenvalue weighted by molar-refractivity contribution is 0.0521. The van der Waals surface area contributed by atoms with Crippen molar-refractivity contribution in [1.29, 1.82) is 0 Å². The lowest BCUT2D eigenvalue weighted by Gasteiger charge is -2.05. The summed E-state index contributed by atoms with van der Waals surface area (Å²) < 4.78 is 6.77. The van der Waals surface area contributed by atoms with E-state index in [-0.39, 0.29) is 0 Å². The van der Waals surface area contributed by atoms with Crippen LogP contribution in [-0.4, -0.2) is 27.3 Å². The smallest absolute Gasteiger partial charge is 0.360 e. The highest BCUT2D eigenvalue weighted by molar-refractivity contribution is 7.14. The van der Waals surface area contributed by atoms with Gasteiger partial charge in [-0.05, 0) is 13.8 Å². The van der Waals surface area contributed by atoms with E-state index in [1.807, 2.05) is 24.9 Å².